The highest BCUT2D eigenvalue weighted by molar-refractivity contribution is 5.88. The molecule has 1 aromatic carbocycles. The molecule has 0 radical (unpaired) electrons. The summed E-state index contributed by atoms with van der Waals surface area (Å²) in [6.07, 6.45) is 0.543. The summed E-state index contributed by atoms with van der Waals surface area (Å²) in [5.41, 5.74) is -0.793. The van der Waals surface area contributed by atoms with Crippen LogP contribution in [0.2, 0.25) is 0 Å². The molecular weight excluding hydrogens is 260 g/mol. The second kappa shape index (κ2) is 7.65. The molecule has 0 saturated heterocycles. The molecule has 0 aliphatic rings. The molecule has 5 nitrogen and oxygen atoms in total. The molecule has 0 spiro atoms. The molecular formula is C12H15F2NO4. The summed E-state index contributed by atoms with van der Waals surface area (Å²) in [4.78, 5) is 10.6. The van der Waals surface area contributed by atoms with E-state index in [1.807, 2.05) is 0 Å². The van der Waals surface area contributed by atoms with Gasteiger partial charge in [0.2, 0.25) is 0 Å². The number of anilines is 1. The van der Waals surface area contributed by atoms with Gasteiger partial charge in [-0.2, -0.15) is 0 Å². The molecule has 1 aromatic rings. The first kappa shape index (κ1) is 15.3. The zero-order chi connectivity index (χ0) is 14.3. The van der Waals surface area contributed by atoms with Crippen molar-refractivity contribution in [3.8, 4) is 0 Å². The van der Waals surface area contributed by atoms with Crippen LogP contribution in [0.1, 0.15) is 16.8 Å². The number of ether oxygens (including phenoxy) is 1. The van der Waals surface area contributed by atoms with Crippen molar-refractivity contribution in [1.29, 1.82) is 0 Å². The lowest BCUT2D eigenvalue weighted by atomic mass is 10.2. The van der Waals surface area contributed by atoms with Crippen molar-refractivity contribution >= 4 is 11.7 Å². The van der Waals surface area contributed by atoms with Crippen LogP contribution in [0.4, 0.5) is 14.5 Å². The lowest BCUT2D eigenvalue weighted by molar-refractivity contribution is 0.0690. The Morgan fingerprint density at radius 3 is 2.63 bits per heavy atom. The first-order valence-electron chi connectivity index (χ1n) is 5.71. The topological polar surface area (TPSA) is 78.8 Å². The van der Waals surface area contributed by atoms with E-state index in [9.17, 15) is 13.6 Å². The molecule has 0 unspecified atom stereocenters. The standard InChI is InChI=1S/C12H15F2NO4/c13-10-8(12(17)18)2-3-9(11(10)14)15-4-1-6-19-7-5-16/h2-3,15-16H,1,4-7H2,(H,17,18). The van der Waals surface area contributed by atoms with Gasteiger partial charge in [0.1, 0.15) is 0 Å². The van der Waals surface area contributed by atoms with E-state index < -0.39 is 23.2 Å². The van der Waals surface area contributed by atoms with Crippen LogP contribution in [0.5, 0.6) is 0 Å². The molecule has 0 atom stereocenters. The fourth-order valence-corrected chi connectivity index (χ4v) is 1.42. The van der Waals surface area contributed by atoms with Crippen LogP contribution >= 0.6 is 0 Å². The third-order valence-corrected chi connectivity index (χ3v) is 2.33. The molecule has 1 rings (SSSR count). The van der Waals surface area contributed by atoms with Gasteiger partial charge in [-0.15, -0.1) is 0 Å². The molecule has 3 N–H and O–H groups in total. The van der Waals surface area contributed by atoms with Gasteiger partial charge in [0.05, 0.1) is 24.5 Å². The van der Waals surface area contributed by atoms with E-state index in [-0.39, 0.29) is 18.9 Å². The van der Waals surface area contributed by atoms with Crippen molar-refractivity contribution in [2.45, 2.75) is 6.42 Å². The van der Waals surface area contributed by atoms with E-state index in [0.29, 0.717) is 19.6 Å². The second-order valence-electron chi connectivity index (χ2n) is 3.71. The Morgan fingerprint density at radius 1 is 1.26 bits per heavy atom. The van der Waals surface area contributed by atoms with Crippen LogP contribution in [-0.4, -0.2) is 42.5 Å². The van der Waals surface area contributed by atoms with Crippen molar-refractivity contribution in [2.24, 2.45) is 0 Å². The van der Waals surface area contributed by atoms with E-state index in [4.69, 9.17) is 14.9 Å². The number of benzene rings is 1. The smallest absolute Gasteiger partial charge is 0.338 e. The van der Waals surface area contributed by atoms with Crippen molar-refractivity contribution in [3.63, 3.8) is 0 Å². The number of carbonyl (C=O) groups is 1. The van der Waals surface area contributed by atoms with Crippen LogP contribution in [0, 0.1) is 11.6 Å². The molecule has 0 saturated carbocycles. The highest BCUT2D eigenvalue weighted by atomic mass is 19.2. The fourth-order valence-electron chi connectivity index (χ4n) is 1.42. The first-order chi connectivity index (χ1) is 9.07. The fraction of sp³-hybridized carbons (Fsp3) is 0.417. The third-order valence-electron chi connectivity index (χ3n) is 2.33. The molecule has 0 aliphatic carbocycles. The summed E-state index contributed by atoms with van der Waals surface area (Å²) in [6.45, 7) is 0.888. The molecule has 19 heavy (non-hydrogen) atoms. The van der Waals surface area contributed by atoms with Crippen LogP contribution in [0.3, 0.4) is 0 Å². The van der Waals surface area contributed by atoms with Crippen LogP contribution < -0.4 is 5.32 Å². The predicted molar refractivity (Wildman–Crippen MR) is 64.3 cm³/mol. The molecule has 0 aromatic heterocycles. The second-order valence-corrected chi connectivity index (χ2v) is 3.71. The molecule has 0 aliphatic heterocycles. The van der Waals surface area contributed by atoms with Crippen molar-refractivity contribution < 1.29 is 28.5 Å². The van der Waals surface area contributed by atoms with E-state index in [2.05, 4.69) is 5.32 Å². The average molecular weight is 275 g/mol. The highest BCUT2D eigenvalue weighted by Gasteiger charge is 2.17. The van der Waals surface area contributed by atoms with E-state index in [1.54, 1.807) is 0 Å². The van der Waals surface area contributed by atoms with Gasteiger partial charge >= 0.3 is 5.97 Å². The van der Waals surface area contributed by atoms with Gasteiger partial charge in [-0.05, 0) is 18.6 Å². The Balaban J connectivity index is 2.51. The lowest BCUT2D eigenvalue weighted by Crippen LogP contribution is -2.10. The summed E-state index contributed by atoms with van der Waals surface area (Å²) in [5.74, 6) is -4.11. The third kappa shape index (κ3) is 4.46. The normalized spacial score (nSPS) is 10.5. The van der Waals surface area contributed by atoms with Gasteiger partial charge in [0, 0.05) is 13.2 Å². The van der Waals surface area contributed by atoms with E-state index >= 15 is 0 Å². The Morgan fingerprint density at radius 2 is 2.00 bits per heavy atom. The maximum absolute atomic E-state index is 13.5. The molecule has 0 fully saturated rings. The predicted octanol–water partition coefficient (Wildman–Crippen LogP) is 1.47. The number of aliphatic hydroxyl groups excluding tert-OH is 1. The SMILES string of the molecule is O=C(O)c1ccc(NCCCOCCO)c(F)c1F. The van der Waals surface area contributed by atoms with Gasteiger partial charge < -0.3 is 20.3 Å². The van der Waals surface area contributed by atoms with Crippen LogP contribution in [-0.2, 0) is 4.74 Å². The Hall–Kier alpha value is -1.73. The largest absolute Gasteiger partial charge is 0.478 e. The van der Waals surface area contributed by atoms with E-state index in [1.165, 1.54) is 6.07 Å². The zero-order valence-corrected chi connectivity index (χ0v) is 10.2. The maximum atomic E-state index is 13.5. The highest BCUT2D eigenvalue weighted by Crippen LogP contribution is 2.20. The molecule has 7 heteroatoms. The number of rotatable bonds is 8. The minimum atomic E-state index is -1.51. The minimum Gasteiger partial charge on any atom is -0.478 e. The summed E-state index contributed by atoms with van der Waals surface area (Å²) in [6, 6.07) is 2.18. The number of aliphatic hydroxyl groups is 1. The zero-order valence-electron chi connectivity index (χ0n) is 10.2. The molecule has 106 valence electrons. The van der Waals surface area contributed by atoms with Gasteiger partial charge in [0.25, 0.3) is 0 Å². The summed E-state index contributed by atoms with van der Waals surface area (Å²) in [5, 5.41) is 19.7. The number of carboxylic acids is 1. The average Bonchev–Trinajstić information content (AvgIpc) is 2.38. The Labute approximate surface area is 108 Å². The summed E-state index contributed by atoms with van der Waals surface area (Å²) < 4.78 is 31.8. The maximum Gasteiger partial charge on any atom is 0.338 e. The van der Waals surface area contributed by atoms with Gasteiger partial charge in [-0.25, -0.2) is 13.6 Å². The first-order valence-corrected chi connectivity index (χ1v) is 5.71. The van der Waals surface area contributed by atoms with Gasteiger partial charge in [-0.1, -0.05) is 0 Å². The number of halogens is 2. The molecule has 0 heterocycles. The van der Waals surface area contributed by atoms with Crippen molar-refractivity contribution in [3.05, 3.63) is 29.3 Å². The van der Waals surface area contributed by atoms with Gasteiger partial charge in [-0.3, -0.25) is 0 Å². The molecule has 0 bridgehead atoms. The van der Waals surface area contributed by atoms with Crippen molar-refractivity contribution in [2.75, 3.05) is 31.7 Å². The summed E-state index contributed by atoms with van der Waals surface area (Å²) in [7, 11) is 0. The van der Waals surface area contributed by atoms with Gasteiger partial charge in [0.15, 0.2) is 11.6 Å². The quantitative estimate of drug-likeness (QED) is 0.626. The number of hydrogen-bond donors (Lipinski definition) is 3. The monoisotopic (exact) mass is 275 g/mol. The number of hydrogen-bond acceptors (Lipinski definition) is 4. The Bertz CT molecular complexity index is 440. The Kier molecular flexibility index (Phi) is 6.17. The number of carboxylic acid groups (broad SMARTS) is 1. The molecule has 0 amide bonds. The number of nitrogens with one attached hydrogen (secondary N) is 1. The summed E-state index contributed by atoms with van der Waals surface area (Å²) >= 11 is 0. The minimum absolute atomic E-state index is 0.0656. The number of aromatic carboxylic acids is 1. The van der Waals surface area contributed by atoms with Crippen molar-refractivity contribution in [1.82, 2.24) is 0 Å². The van der Waals surface area contributed by atoms with Crippen LogP contribution in [0.25, 0.3) is 0 Å². The van der Waals surface area contributed by atoms with Crippen LogP contribution in [0.15, 0.2) is 12.1 Å². The van der Waals surface area contributed by atoms with E-state index in [0.717, 1.165) is 6.07 Å². The lowest BCUT2D eigenvalue weighted by Gasteiger charge is -2.09.